The van der Waals surface area contributed by atoms with Crippen LogP contribution in [0.3, 0.4) is 0 Å². The molecule has 0 atom stereocenters. The maximum atomic E-state index is 10.9. The van der Waals surface area contributed by atoms with Gasteiger partial charge in [-0.2, -0.15) is 0 Å². The van der Waals surface area contributed by atoms with Crippen molar-refractivity contribution in [3.8, 4) is 17.1 Å². The zero-order valence-corrected chi connectivity index (χ0v) is 13.5. The van der Waals surface area contributed by atoms with E-state index in [-0.39, 0.29) is 5.69 Å². The minimum Gasteiger partial charge on any atom is -0.277 e. The lowest BCUT2D eigenvalue weighted by molar-refractivity contribution is -0.384. The van der Waals surface area contributed by atoms with Crippen LogP contribution in [0.1, 0.15) is 5.56 Å². The van der Waals surface area contributed by atoms with Crippen LogP contribution in [0.5, 0.6) is 0 Å². The Balaban J connectivity index is 1.95. The van der Waals surface area contributed by atoms with Gasteiger partial charge < -0.3 is 0 Å². The molecule has 6 nitrogen and oxygen atoms in total. The average Bonchev–Trinajstić information content (AvgIpc) is 3.02. The zero-order valence-electron chi connectivity index (χ0n) is 13.5. The molecule has 25 heavy (non-hydrogen) atoms. The summed E-state index contributed by atoms with van der Waals surface area (Å²) in [4.78, 5) is 19.6. The fourth-order valence-electron chi connectivity index (χ4n) is 2.78. The van der Waals surface area contributed by atoms with Crippen molar-refractivity contribution in [3.63, 3.8) is 0 Å². The summed E-state index contributed by atoms with van der Waals surface area (Å²) in [6.45, 7) is 2.03. The summed E-state index contributed by atoms with van der Waals surface area (Å²) in [5.74, 6) is 0.701. The smallest absolute Gasteiger partial charge is 0.269 e. The molecule has 0 amide bonds. The third-order valence-corrected chi connectivity index (χ3v) is 4.04. The predicted molar refractivity (Wildman–Crippen MR) is 95.7 cm³/mol. The molecule has 0 radical (unpaired) electrons. The molecule has 0 saturated heterocycles. The summed E-state index contributed by atoms with van der Waals surface area (Å²) in [6, 6.07) is 18.2. The van der Waals surface area contributed by atoms with Gasteiger partial charge in [-0.1, -0.05) is 17.7 Å². The van der Waals surface area contributed by atoms with Crippen molar-refractivity contribution in [1.82, 2.24) is 14.5 Å². The van der Waals surface area contributed by atoms with Crippen LogP contribution in [0.15, 0.2) is 66.9 Å². The first-order chi connectivity index (χ1) is 12.1. The van der Waals surface area contributed by atoms with Gasteiger partial charge in [0, 0.05) is 29.6 Å². The number of nitrogens with zero attached hydrogens (tertiary/aromatic N) is 4. The number of imidazole rings is 1. The Morgan fingerprint density at radius 1 is 1.00 bits per heavy atom. The first-order valence-electron chi connectivity index (χ1n) is 7.79. The quantitative estimate of drug-likeness (QED) is 0.414. The van der Waals surface area contributed by atoms with Gasteiger partial charge in [0.2, 0.25) is 0 Å². The molecule has 0 aliphatic heterocycles. The molecular formula is C19H14N4O2. The van der Waals surface area contributed by atoms with Crippen LogP contribution in [0.2, 0.25) is 0 Å². The minimum atomic E-state index is -0.408. The van der Waals surface area contributed by atoms with Gasteiger partial charge in [0.05, 0.1) is 4.92 Å². The van der Waals surface area contributed by atoms with Crippen molar-refractivity contribution < 1.29 is 4.92 Å². The lowest BCUT2D eigenvalue weighted by Crippen LogP contribution is -1.99. The molecule has 0 N–H and O–H groups in total. The molecule has 2 aromatic carbocycles. The molecule has 4 aromatic rings. The standard InChI is InChI=1S/C19H14N4O2/c1-13-4-8-15(9-5-13)22-18(21-17-3-2-12-20-19(17)22)14-6-10-16(11-7-14)23(24)25/h2-12H,1H3. The largest absolute Gasteiger partial charge is 0.277 e. The molecule has 0 aliphatic rings. The van der Waals surface area contributed by atoms with Crippen LogP contribution in [-0.4, -0.2) is 19.5 Å². The van der Waals surface area contributed by atoms with Crippen molar-refractivity contribution in [2.24, 2.45) is 0 Å². The molecule has 0 bridgehead atoms. The van der Waals surface area contributed by atoms with Crippen LogP contribution in [0.4, 0.5) is 5.69 Å². The number of benzene rings is 2. The van der Waals surface area contributed by atoms with Crippen LogP contribution >= 0.6 is 0 Å². The van der Waals surface area contributed by atoms with Crippen molar-refractivity contribution in [1.29, 1.82) is 0 Å². The molecule has 2 heterocycles. The maximum absolute atomic E-state index is 10.9. The first-order valence-corrected chi connectivity index (χ1v) is 7.79. The van der Waals surface area contributed by atoms with Gasteiger partial charge in [-0.25, -0.2) is 9.97 Å². The molecule has 0 aliphatic carbocycles. The van der Waals surface area contributed by atoms with Crippen LogP contribution in [0, 0.1) is 17.0 Å². The zero-order chi connectivity index (χ0) is 17.4. The van der Waals surface area contributed by atoms with Gasteiger partial charge in [0.15, 0.2) is 5.65 Å². The molecular weight excluding hydrogens is 316 g/mol. The number of hydrogen-bond donors (Lipinski definition) is 0. The van der Waals surface area contributed by atoms with Crippen molar-refractivity contribution in [2.45, 2.75) is 6.92 Å². The number of non-ortho nitro benzene ring substituents is 1. The number of aromatic nitrogens is 3. The number of aryl methyl sites for hydroxylation is 1. The highest BCUT2D eigenvalue weighted by molar-refractivity contribution is 5.80. The summed E-state index contributed by atoms with van der Waals surface area (Å²) < 4.78 is 1.97. The molecule has 122 valence electrons. The minimum absolute atomic E-state index is 0.0554. The van der Waals surface area contributed by atoms with Gasteiger partial charge in [-0.05, 0) is 43.3 Å². The van der Waals surface area contributed by atoms with Gasteiger partial charge in [0.1, 0.15) is 11.3 Å². The molecule has 2 aromatic heterocycles. The second-order valence-corrected chi connectivity index (χ2v) is 5.76. The Kier molecular flexibility index (Phi) is 3.50. The van der Waals surface area contributed by atoms with Gasteiger partial charge in [-0.3, -0.25) is 14.7 Å². The van der Waals surface area contributed by atoms with Gasteiger partial charge in [0.25, 0.3) is 5.69 Å². The highest BCUT2D eigenvalue weighted by Gasteiger charge is 2.16. The SMILES string of the molecule is Cc1ccc(-n2c(-c3ccc([N+](=O)[O-])cc3)nc3cccnc32)cc1. The maximum Gasteiger partial charge on any atom is 0.269 e. The molecule has 6 heteroatoms. The lowest BCUT2D eigenvalue weighted by Gasteiger charge is -2.09. The van der Waals surface area contributed by atoms with E-state index in [0.717, 1.165) is 28.0 Å². The van der Waals surface area contributed by atoms with Crippen LogP contribution < -0.4 is 0 Å². The lowest BCUT2D eigenvalue weighted by atomic mass is 10.2. The Hall–Kier alpha value is -3.54. The number of fused-ring (bicyclic) bond motifs is 1. The van der Waals surface area contributed by atoms with Gasteiger partial charge >= 0.3 is 0 Å². The monoisotopic (exact) mass is 330 g/mol. The predicted octanol–water partition coefficient (Wildman–Crippen LogP) is 4.30. The Morgan fingerprint density at radius 2 is 1.72 bits per heavy atom. The topological polar surface area (TPSA) is 73.8 Å². The second kappa shape index (κ2) is 5.83. The average molecular weight is 330 g/mol. The summed E-state index contributed by atoms with van der Waals surface area (Å²) >= 11 is 0. The number of pyridine rings is 1. The second-order valence-electron chi connectivity index (χ2n) is 5.76. The van der Waals surface area contributed by atoms with Gasteiger partial charge in [-0.15, -0.1) is 0 Å². The Labute approximate surface area is 143 Å². The first kappa shape index (κ1) is 15.0. The van der Waals surface area contributed by atoms with E-state index < -0.39 is 4.92 Å². The van der Waals surface area contributed by atoms with E-state index >= 15 is 0 Å². The summed E-state index contributed by atoms with van der Waals surface area (Å²) in [5.41, 5.74) is 4.48. The Bertz CT molecular complexity index is 1070. The van der Waals surface area contributed by atoms with Crippen LogP contribution in [0.25, 0.3) is 28.2 Å². The summed E-state index contributed by atoms with van der Waals surface area (Å²) in [6.07, 6.45) is 1.73. The molecule has 0 saturated carbocycles. The van der Waals surface area contributed by atoms with E-state index in [1.807, 2.05) is 47.9 Å². The van der Waals surface area contributed by atoms with E-state index in [2.05, 4.69) is 9.97 Å². The summed E-state index contributed by atoms with van der Waals surface area (Å²) in [5, 5.41) is 10.9. The normalized spacial score (nSPS) is 10.9. The van der Waals surface area contributed by atoms with Crippen LogP contribution in [-0.2, 0) is 0 Å². The fourth-order valence-corrected chi connectivity index (χ4v) is 2.78. The van der Waals surface area contributed by atoms with E-state index in [4.69, 9.17) is 0 Å². The number of hydrogen-bond acceptors (Lipinski definition) is 4. The molecule has 0 spiro atoms. The van der Waals surface area contributed by atoms with Crippen molar-refractivity contribution in [2.75, 3.05) is 0 Å². The van der Waals surface area contributed by atoms with Crippen molar-refractivity contribution in [3.05, 3.63) is 82.5 Å². The number of nitro groups is 1. The molecule has 0 unspecified atom stereocenters. The van der Waals surface area contributed by atoms with E-state index in [9.17, 15) is 10.1 Å². The fraction of sp³-hybridized carbons (Fsp3) is 0.0526. The van der Waals surface area contributed by atoms with E-state index in [1.165, 1.54) is 12.1 Å². The van der Waals surface area contributed by atoms with E-state index in [0.29, 0.717) is 5.82 Å². The van der Waals surface area contributed by atoms with E-state index in [1.54, 1.807) is 18.3 Å². The molecule has 4 rings (SSSR count). The highest BCUT2D eigenvalue weighted by atomic mass is 16.6. The summed E-state index contributed by atoms with van der Waals surface area (Å²) in [7, 11) is 0. The van der Waals surface area contributed by atoms with Crippen molar-refractivity contribution >= 4 is 16.9 Å². The number of nitro benzene ring substituents is 1. The highest BCUT2D eigenvalue weighted by Crippen LogP contribution is 2.28. The molecule has 0 fully saturated rings. The number of rotatable bonds is 3. The third-order valence-electron chi connectivity index (χ3n) is 4.04. The Morgan fingerprint density at radius 3 is 2.40 bits per heavy atom. The third kappa shape index (κ3) is 2.63.